The van der Waals surface area contributed by atoms with Crippen LogP contribution >= 0.6 is 0 Å². The Morgan fingerprint density at radius 1 is 0.935 bits per heavy atom. The molecule has 2 amide bonds. The van der Waals surface area contributed by atoms with Crippen LogP contribution in [0, 0.1) is 0 Å². The van der Waals surface area contributed by atoms with Crippen molar-refractivity contribution in [2.75, 3.05) is 25.0 Å². The second kappa shape index (κ2) is 10.5. The molecule has 1 aliphatic heterocycles. The Morgan fingerprint density at radius 2 is 1.61 bits per heavy atom. The Kier molecular flexibility index (Phi) is 7.81. The molecule has 3 rings (SSSR count). The van der Waals surface area contributed by atoms with Gasteiger partial charge in [-0.05, 0) is 49.1 Å². The van der Waals surface area contributed by atoms with Crippen LogP contribution in [0.4, 0.5) is 5.69 Å². The van der Waals surface area contributed by atoms with Crippen molar-refractivity contribution in [1.29, 1.82) is 0 Å². The summed E-state index contributed by atoms with van der Waals surface area (Å²) in [6.45, 7) is 3.68. The van der Waals surface area contributed by atoms with Gasteiger partial charge in [-0.2, -0.15) is 0 Å². The first kappa shape index (κ1) is 23.0. The lowest BCUT2D eigenvalue weighted by molar-refractivity contribution is 0.0954. The van der Waals surface area contributed by atoms with Gasteiger partial charge in [0.2, 0.25) is 10.0 Å². The number of hydrogen-bond acceptors (Lipinski definition) is 4. The summed E-state index contributed by atoms with van der Waals surface area (Å²) in [6.07, 6.45) is 3.69. The standard InChI is InChI=1S/C23H29N3O4S/c1-2-14-24-23(28)20-8-4-5-9-21(20)25-22(27)19-12-10-18(11-13-19)17-31(29,30)26-15-6-3-7-16-26/h4-5,8-13H,2-3,6-7,14-17H2,1H3,(H,24,28)(H,25,27). The number of anilines is 1. The van der Waals surface area contributed by atoms with Crippen LogP contribution in [0.25, 0.3) is 0 Å². The zero-order valence-electron chi connectivity index (χ0n) is 17.8. The zero-order chi connectivity index (χ0) is 22.3. The SMILES string of the molecule is CCCNC(=O)c1ccccc1NC(=O)c1ccc(CS(=O)(=O)N2CCCCC2)cc1. The molecule has 0 aliphatic carbocycles. The van der Waals surface area contributed by atoms with Crippen molar-refractivity contribution in [3.05, 3.63) is 65.2 Å². The van der Waals surface area contributed by atoms with Crippen molar-refractivity contribution in [2.24, 2.45) is 0 Å². The van der Waals surface area contributed by atoms with Crippen molar-refractivity contribution in [3.8, 4) is 0 Å². The molecule has 31 heavy (non-hydrogen) atoms. The largest absolute Gasteiger partial charge is 0.352 e. The van der Waals surface area contributed by atoms with Gasteiger partial charge in [0.1, 0.15) is 0 Å². The predicted molar refractivity (Wildman–Crippen MR) is 122 cm³/mol. The number of amides is 2. The first-order chi connectivity index (χ1) is 14.9. The molecule has 0 saturated carbocycles. The molecule has 0 atom stereocenters. The minimum absolute atomic E-state index is 0.0741. The molecular weight excluding hydrogens is 414 g/mol. The van der Waals surface area contributed by atoms with Crippen LogP contribution in [0.5, 0.6) is 0 Å². The second-order valence-electron chi connectivity index (χ2n) is 7.67. The molecule has 1 saturated heterocycles. The lowest BCUT2D eigenvalue weighted by Gasteiger charge is -2.25. The van der Waals surface area contributed by atoms with E-state index in [2.05, 4.69) is 10.6 Å². The van der Waals surface area contributed by atoms with E-state index in [0.29, 0.717) is 42.0 Å². The number of carbonyl (C=O) groups is 2. The fourth-order valence-corrected chi connectivity index (χ4v) is 5.13. The Bertz CT molecular complexity index is 1010. The molecular formula is C23H29N3O4S. The minimum Gasteiger partial charge on any atom is -0.352 e. The summed E-state index contributed by atoms with van der Waals surface area (Å²) in [7, 11) is -3.35. The molecule has 0 unspecified atom stereocenters. The molecule has 166 valence electrons. The highest BCUT2D eigenvalue weighted by Crippen LogP contribution is 2.19. The van der Waals surface area contributed by atoms with E-state index < -0.39 is 10.0 Å². The third-order valence-corrected chi connectivity index (χ3v) is 7.08. The van der Waals surface area contributed by atoms with Crippen LogP contribution in [0.15, 0.2) is 48.5 Å². The number of para-hydroxylation sites is 1. The molecule has 1 aliphatic rings. The first-order valence-corrected chi connectivity index (χ1v) is 12.3. The third-order valence-electron chi connectivity index (χ3n) is 5.23. The molecule has 2 aromatic rings. The number of benzene rings is 2. The van der Waals surface area contributed by atoms with Gasteiger partial charge in [-0.3, -0.25) is 9.59 Å². The van der Waals surface area contributed by atoms with Gasteiger partial charge in [-0.1, -0.05) is 37.6 Å². The smallest absolute Gasteiger partial charge is 0.255 e. The van der Waals surface area contributed by atoms with Crippen LogP contribution in [-0.2, 0) is 15.8 Å². The average Bonchev–Trinajstić information content (AvgIpc) is 2.78. The summed E-state index contributed by atoms with van der Waals surface area (Å²) in [5.41, 5.74) is 1.86. The van der Waals surface area contributed by atoms with E-state index in [1.54, 1.807) is 52.8 Å². The Hall–Kier alpha value is -2.71. The monoisotopic (exact) mass is 443 g/mol. The summed E-state index contributed by atoms with van der Waals surface area (Å²) in [5, 5.41) is 5.58. The number of piperidine rings is 1. The molecule has 1 heterocycles. The normalized spacial score (nSPS) is 14.7. The van der Waals surface area contributed by atoms with E-state index in [4.69, 9.17) is 0 Å². The van der Waals surface area contributed by atoms with Crippen LogP contribution < -0.4 is 10.6 Å². The number of rotatable bonds is 8. The summed E-state index contributed by atoms with van der Waals surface area (Å²) in [4.78, 5) is 25.0. The average molecular weight is 444 g/mol. The topological polar surface area (TPSA) is 95.6 Å². The number of nitrogens with zero attached hydrogens (tertiary/aromatic N) is 1. The van der Waals surface area contributed by atoms with Crippen LogP contribution in [0.1, 0.15) is 58.9 Å². The van der Waals surface area contributed by atoms with Gasteiger partial charge in [-0.25, -0.2) is 12.7 Å². The summed E-state index contributed by atoms with van der Waals surface area (Å²) >= 11 is 0. The van der Waals surface area contributed by atoms with Crippen molar-refractivity contribution in [3.63, 3.8) is 0 Å². The quantitative estimate of drug-likeness (QED) is 0.654. The molecule has 0 spiro atoms. The van der Waals surface area contributed by atoms with Crippen LogP contribution in [0.2, 0.25) is 0 Å². The molecule has 1 fully saturated rings. The van der Waals surface area contributed by atoms with Crippen molar-refractivity contribution in [1.82, 2.24) is 9.62 Å². The van der Waals surface area contributed by atoms with E-state index >= 15 is 0 Å². The van der Waals surface area contributed by atoms with Crippen molar-refractivity contribution in [2.45, 2.75) is 38.4 Å². The predicted octanol–water partition coefficient (Wildman–Crippen LogP) is 3.39. The highest BCUT2D eigenvalue weighted by atomic mass is 32.2. The number of sulfonamides is 1. The molecule has 0 radical (unpaired) electrons. The van der Waals surface area contributed by atoms with Crippen molar-refractivity contribution >= 4 is 27.5 Å². The molecule has 2 N–H and O–H groups in total. The fraction of sp³-hybridized carbons (Fsp3) is 0.391. The van der Waals surface area contributed by atoms with Crippen molar-refractivity contribution < 1.29 is 18.0 Å². The van der Waals surface area contributed by atoms with Crippen LogP contribution in [0.3, 0.4) is 0 Å². The van der Waals surface area contributed by atoms with Gasteiger partial charge in [0.15, 0.2) is 0 Å². The molecule has 2 aromatic carbocycles. The highest BCUT2D eigenvalue weighted by molar-refractivity contribution is 7.88. The number of carbonyl (C=O) groups excluding carboxylic acids is 2. The maximum atomic E-state index is 12.7. The number of nitrogens with one attached hydrogen (secondary N) is 2. The maximum Gasteiger partial charge on any atom is 0.255 e. The Morgan fingerprint density at radius 3 is 2.29 bits per heavy atom. The van der Waals surface area contributed by atoms with Gasteiger partial charge in [-0.15, -0.1) is 0 Å². The van der Waals surface area contributed by atoms with Crippen LogP contribution in [-0.4, -0.2) is 44.2 Å². The maximum absolute atomic E-state index is 12.7. The molecule has 0 aromatic heterocycles. The summed E-state index contributed by atoms with van der Waals surface area (Å²) in [6, 6.07) is 13.4. The fourth-order valence-electron chi connectivity index (χ4n) is 3.52. The van der Waals surface area contributed by atoms with Gasteiger partial charge in [0.25, 0.3) is 11.8 Å². The van der Waals surface area contributed by atoms with E-state index in [1.807, 2.05) is 6.92 Å². The molecule has 0 bridgehead atoms. The second-order valence-corrected chi connectivity index (χ2v) is 9.64. The Balaban J connectivity index is 1.67. The third kappa shape index (κ3) is 6.15. The zero-order valence-corrected chi connectivity index (χ0v) is 18.6. The van der Waals surface area contributed by atoms with E-state index in [1.165, 1.54) is 0 Å². The first-order valence-electron chi connectivity index (χ1n) is 10.7. The molecule has 7 nitrogen and oxygen atoms in total. The lowest BCUT2D eigenvalue weighted by Crippen LogP contribution is -2.36. The number of hydrogen-bond donors (Lipinski definition) is 2. The van der Waals surface area contributed by atoms with Gasteiger partial charge in [0, 0.05) is 25.2 Å². The Labute approximate surface area is 183 Å². The summed E-state index contributed by atoms with van der Waals surface area (Å²) < 4.78 is 26.8. The molecule has 8 heteroatoms. The summed E-state index contributed by atoms with van der Waals surface area (Å²) in [5.74, 6) is -0.674. The van der Waals surface area contributed by atoms with Gasteiger partial charge in [0.05, 0.1) is 17.0 Å². The highest BCUT2D eigenvalue weighted by Gasteiger charge is 2.24. The van der Waals surface area contributed by atoms with E-state index in [-0.39, 0.29) is 17.6 Å². The van der Waals surface area contributed by atoms with E-state index in [9.17, 15) is 18.0 Å². The lowest BCUT2D eigenvalue weighted by atomic mass is 10.1. The van der Waals surface area contributed by atoms with Gasteiger partial charge < -0.3 is 10.6 Å². The minimum atomic E-state index is -3.35. The van der Waals surface area contributed by atoms with E-state index in [0.717, 1.165) is 25.7 Å². The van der Waals surface area contributed by atoms with Gasteiger partial charge >= 0.3 is 0 Å².